The highest BCUT2D eigenvalue weighted by atomic mass is 32.2. The number of nitrogens with one attached hydrogen (secondary N) is 1. The fourth-order valence-corrected chi connectivity index (χ4v) is 5.90. The Labute approximate surface area is 228 Å². The first kappa shape index (κ1) is 26.8. The van der Waals surface area contributed by atoms with Crippen molar-refractivity contribution in [1.82, 2.24) is 14.7 Å². The number of allylic oxidation sites excluding steroid dienone is 1. The molecular weight excluding hydrogens is 520 g/mol. The molecule has 3 heterocycles. The predicted molar refractivity (Wildman–Crippen MR) is 147 cm³/mol. The second kappa shape index (κ2) is 10.4. The zero-order valence-electron chi connectivity index (χ0n) is 22.0. The van der Waals surface area contributed by atoms with Gasteiger partial charge in [0.15, 0.2) is 10.8 Å². The molecule has 3 aromatic rings. The first-order valence-corrected chi connectivity index (χ1v) is 14.1. The molecule has 206 valence electrons. The summed E-state index contributed by atoms with van der Waals surface area (Å²) in [5, 5.41) is -0.373. The third kappa shape index (κ3) is 5.65. The Hall–Kier alpha value is -3.80. The van der Waals surface area contributed by atoms with Gasteiger partial charge in [-0.15, -0.1) is 0 Å². The number of carbonyl (C=O) groups is 1. The van der Waals surface area contributed by atoms with Crippen LogP contribution in [0.5, 0.6) is 11.6 Å². The Morgan fingerprint density at radius 3 is 2.49 bits per heavy atom. The van der Waals surface area contributed by atoms with Crippen molar-refractivity contribution in [3.63, 3.8) is 0 Å². The normalized spacial score (nSPS) is 16.6. The molecule has 0 unspecified atom stereocenters. The van der Waals surface area contributed by atoms with Crippen LogP contribution in [0.1, 0.15) is 53.4 Å². The number of carbonyl (C=O) groups excluding carboxylic acids is 1. The van der Waals surface area contributed by atoms with E-state index < -0.39 is 21.7 Å². The summed E-state index contributed by atoms with van der Waals surface area (Å²) < 4.78 is 45.9. The smallest absolute Gasteiger partial charge is 0.281 e. The van der Waals surface area contributed by atoms with Crippen molar-refractivity contribution in [2.45, 2.75) is 50.8 Å². The molecule has 0 atom stereocenters. The van der Waals surface area contributed by atoms with E-state index in [0.717, 1.165) is 35.1 Å². The lowest BCUT2D eigenvalue weighted by Crippen LogP contribution is -2.32. The molecule has 1 aliphatic heterocycles. The molecule has 10 nitrogen and oxygen atoms in total. The van der Waals surface area contributed by atoms with Crippen molar-refractivity contribution < 1.29 is 28.8 Å². The number of pyridine rings is 2. The molecule has 1 fully saturated rings. The van der Waals surface area contributed by atoms with Gasteiger partial charge in [-0.05, 0) is 68.2 Å². The molecule has 3 N–H and O–H groups in total. The van der Waals surface area contributed by atoms with Crippen molar-refractivity contribution >= 4 is 27.3 Å². The van der Waals surface area contributed by atoms with E-state index in [2.05, 4.69) is 15.8 Å². The van der Waals surface area contributed by atoms with Gasteiger partial charge in [-0.2, -0.15) is 8.42 Å². The van der Waals surface area contributed by atoms with Crippen LogP contribution >= 0.6 is 0 Å². The first-order valence-electron chi connectivity index (χ1n) is 12.6. The molecule has 1 saturated heterocycles. The van der Waals surface area contributed by atoms with Crippen LogP contribution in [0.25, 0.3) is 5.57 Å². The summed E-state index contributed by atoms with van der Waals surface area (Å²) in [4.78, 5) is 21.8. The fourth-order valence-electron chi connectivity index (χ4n) is 4.96. The number of nitrogens with two attached hydrogens (primary N) is 1. The molecule has 0 radical (unpaired) electrons. The van der Waals surface area contributed by atoms with Crippen LogP contribution in [0.2, 0.25) is 0 Å². The molecular formula is C28H32N4O6S. The highest BCUT2D eigenvalue weighted by Gasteiger charge is 2.39. The Morgan fingerprint density at radius 1 is 1.08 bits per heavy atom. The van der Waals surface area contributed by atoms with Gasteiger partial charge in [0.25, 0.3) is 15.9 Å². The lowest BCUT2D eigenvalue weighted by molar-refractivity contribution is -0.158. The average molecular weight is 553 g/mol. The van der Waals surface area contributed by atoms with Gasteiger partial charge in [0.1, 0.15) is 17.1 Å². The summed E-state index contributed by atoms with van der Waals surface area (Å²) in [6.07, 6.45) is 4.07. The average Bonchev–Trinajstić information content (AvgIpc) is 3.33. The number of sulfonamides is 1. The number of anilines is 1. The van der Waals surface area contributed by atoms with Gasteiger partial charge in [0.05, 0.1) is 18.9 Å². The maximum atomic E-state index is 13.3. The molecule has 11 heteroatoms. The van der Waals surface area contributed by atoms with Crippen LogP contribution in [0, 0.1) is 20.8 Å². The number of benzene rings is 1. The zero-order valence-corrected chi connectivity index (χ0v) is 22.8. The highest BCUT2D eigenvalue weighted by Crippen LogP contribution is 2.40. The van der Waals surface area contributed by atoms with Crippen LogP contribution in [0.3, 0.4) is 0 Å². The number of hydrogen-bond acceptors (Lipinski definition) is 9. The number of aromatic nitrogens is 2. The molecule has 0 bridgehead atoms. The number of amides is 1. The summed E-state index contributed by atoms with van der Waals surface area (Å²) in [7, 11) is -4.31. The summed E-state index contributed by atoms with van der Waals surface area (Å²) in [6.45, 7) is 6.86. The molecule has 1 spiro atoms. The summed E-state index contributed by atoms with van der Waals surface area (Å²) >= 11 is 0. The summed E-state index contributed by atoms with van der Waals surface area (Å²) in [6, 6.07) is 11.2. The third-order valence-electron chi connectivity index (χ3n) is 6.67. The highest BCUT2D eigenvalue weighted by molar-refractivity contribution is 7.90. The lowest BCUT2D eigenvalue weighted by atomic mass is 9.91. The number of aryl methyl sites for hydroxylation is 3. The van der Waals surface area contributed by atoms with Crippen LogP contribution in [-0.4, -0.2) is 43.3 Å². The molecule has 1 aromatic carbocycles. The molecule has 2 aliphatic rings. The summed E-state index contributed by atoms with van der Waals surface area (Å²) in [5.41, 5.74) is 9.84. The van der Waals surface area contributed by atoms with Crippen molar-refractivity contribution in [3.05, 3.63) is 76.5 Å². The molecule has 5 rings (SSSR count). The van der Waals surface area contributed by atoms with Crippen molar-refractivity contribution in [2.75, 3.05) is 18.9 Å². The van der Waals surface area contributed by atoms with Crippen LogP contribution in [0.15, 0.2) is 53.6 Å². The number of rotatable bonds is 6. The van der Waals surface area contributed by atoms with Gasteiger partial charge in [-0.3, -0.25) is 4.79 Å². The monoisotopic (exact) mass is 552 g/mol. The van der Waals surface area contributed by atoms with Gasteiger partial charge >= 0.3 is 0 Å². The minimum Gasteiger partial charge on any atom is -0.438 e. The van der Waals surface area contributed by atoms with E-state index in [1.165, 1.54) is 24.3 Å². The largest absolute Gasteiger partial charge is 0.438 e. The van der Waals surface area contributed by atoms with E-state index >= 15 is 0 Å². The summed E-state index contributed by atoms with van der Waals surface area (Å²) in [5.74, 6) is -1.06. The van der Waals surface area contributed by atoms with Crippen molar-refractivity contribution in [3.8, 4) is 11.6 Å². The zero-order chi connectivity index (χ0) is 27.8. The van der Waals surface area contributed by atoms with E-state index in [-0.39, 0.29) is 23.7 Å². The number of hydrogen-bond donors (Lipinski definition) is 2. The second-order valence-corrected chi connectivity index (χ2v) is 11.4. The van der Waals surface area contributed by atoms with Gasteiger partial charge in [0.2, 0.25) is 5.88 Å². The topological polar surface area (TPSA) is 143 Å². The Kier molecular flexibility index (Phi) is 7.15. The van der Waals surface area contributed by atoms with Crippen molar-refractivity contribution in [1.29, 1.82) is 0 Å². The molecule has 1 amide bonds. The Balaban J connectivity index is 0.00000370. The molecule has 2 aromatic heterocycles. The minimum absolute atomic E-state index is 0. The second-order valence-electron chi connectivity index (χ2n) is 9.77. The number of nitrogens with zero attached hydrogens (tertiary/aromatic N) is 2. The van der Waals surface area contributed by atoms with E-state index in [0.29, 0.717) is 31.1 Å². The van der Waals surface area contributed by atoms with E-state index in [9.17, 15) is 13.2 Å². The fraction of sp³-hybridized carbons (Fsp3) is 0.321. The van der Waals surface area contributed by atoms with Crippen LogP contribution in [-0.2, 0) is 19.5 Å². The van der Waals surface area contributed by atoms with E-state index in [4.69, 9.17) is 24.9 Å². The van der Waals surface area contributed by atoms with E-state index in [1.54, 1.807) is 6.07 Å². The third-order valence-corrected chi connectivity index (χ3v) is 7.91. The maximum Gasteiger partial charge on any atom is 0.281 e. The SMILES string of the molecule is Cc1cc(C)c(Oc2nc(C3=CCCC4(C3)OCCO4)ccc2C(=O)NS(=O)(=O)c2cccc(N)n2)c(C)c1.[HH]. The Morgan fingerprint density at radius 2 is 1.79 bits per heavy atom. The van der Waals surface area contributed by atoms with Crippen LogP contribution in [0.4, 0.5) is 5.82 Å². The minimum atomic E-state index is -4.31. The maximum absolute atomic E-state index is 13.3. The van der Waals surface area contributed by atoms with Gasteiger partial charge in [-0.25, -0.2) is 14.7 Å². The Bertz CT molecular complexity index is 1560. The van der Waals surface area contributed by atoms with Gasteiger partial charge < -0.3 is 19.9 Å². The number of nitrogen functional groups attached to an aromatic ring is 1. The van der Waals surface area contributed by atoms with Crippen molar-refractivity contribution in [2.24, 2.45) is 0 Å². The molecule has 39 heavy (non-hydrogen) atoms. The van der Waals surface area contributed by atoms with Gasteiger partial charge in [0, 0.05) is 14.3 Å². The van der Waals surface area contributed by atoms with Gasteiger partial charge in [-0.1, -0.05) is 29.8 Å². The number of ether oxygens (including phenoxy) is 3. The molecule has 0 saturated carbocycles. The quantitative estimate of drug-likeness (QED) is 0.453. The lowest BCUT2D eigenvalue weighted by Gasteiger charge is -2.31. The standard InChI is InChI=1S/C28H30N4O6S.H2/c1-17-14-18(2)25(19(3)15-17)38-27-21(26(33)32-39(34,35)24-8-4-7-23(29)31-24)9-10-22(30-27)20-6-5-11-28(16-20)36-12-13-37-28;/h4,6-10,14-15H,5,11-13,16H2,1-3H3,(H2,29,31)(H,32,33);1H. The van der Waals surface area contributed by atoms with E-state index in [1.807, 2.05) is 32.9 Å². The predicted octanol–water partition coefficient (Wildman–Crippen LogP) is 4.45. The van der Waals surface area contributed by atoms with Crippen LogP contribution < -0.4 is 15.2 Å². The first-order chi connectivity index (χ1) is 18.6. The molecule has 1 aliphatic carbocycles.